The number of hydrazine groups is 1. The summed E-state index contributed by atoms with van der Waals surface area (Å²) >= 11 is 5.81. The Morgan fingerprint density at radius 2 is 2.17 bits per heavy atom. The Hall–Kier alpha value is -1.32. The smallest absolute Gasteiger partial charge is 0.422 e. The minimum absolute atomic E-state index is 0.0503. The quantitative estimate of drug-likeness (QED) is 0.779. The van der Waals surface area contributed by atoms with Crippen molar-refractivity contribution in [3.8, 4) is 0 Å². The molecule has 0 bridgehead atoms. The standard InChI is InChI=1S/C8H13ClN4O4S/c1-4-17-8(14)10-12-18(15,16)6-5(2)11-13(3)7(6)9/h12H,4H2,1-3H3,(H,10,14). The molecule has 102 valence electrons. The van der Waals surface area contributed by atoms with E-state index in [0.717, 1.165) is 0 Å². The summed E-state index contributed by atoms with van der Waals surface area (Å²) in [6.07, 6.45) is -0.904. The first-order chi connectivity index (χ1) is 8.29. The Balaban J connectivity index is 2.90. The molecule has 0 unspecified atom stereocenters. The first kappa shape index (κ1) is 14.7. The van der Waals surface area contributed by atoms with E-state index in [4.69, 9.17) is 11.6 Å². The molecule has 0 saturated heterocycles. The molecule has 8 nitrogen and oxygen atoms in total. The number of carbonyl (C=O) groups excluding carboxylic acids is 1. The lowest BCUT2D eigenvalue weighted by Crippen LogP contribution is -2.42. The summed E-state index contributed by atoms with van der Waals surface area (Å²) in [6.45, 7) is 3.21. The molecule has 18 heavy (non-hydrogen) atoms. The number of carbonyl (C=O) groups is 1. The van der Waals surface area contributed by atoms with Gasteiger partial charge in [-0.15, -0.1) is 4.83 Å². The zero-order valence-corrected chi connectivity index (χ0v) is 11.6. The first-order valence-electron chi connectivity index (χ1n) is 4.93. The summed E-state index contributed by atoms with van der Waals surface area (Å²) in [7, 11) is -2.48. The van der Waals surface area contributed by atoms with E-state index in [-0.39, 0.29) is 22.3 Å². The molecule has 1 aromatic heterocycles. The number of ether oxygens (including phenoxy) is 1. The maximum atomic E-state index is 11.9. The highest BCUT2D eigenvalue weighted by Crippen LogP contribution is 2.23. The average Bonchev–Trinajstić information content (AvgIpc) is 2.51. The molecular formula is C8H13ClN4O4S. The molecule has 1 heterocycles. The van der Waals surface area contributed by atoms with Crippen molar-refractivity contribution in [1.29, 1.82) is 0 Å². The Morgan fingerprint density at radius 1 is 1.56 bits per heavy atom. The van der Waals surface area contributed by atoms with Crippen LogP contribution in [0.2, 0.25) is 5.15 Å². The van der Waals surface area contributed by atoms with Gasteiger partial charge in [0.05, 0.1) is 12.3 Å². The number of hydrogen-bond acceptors (Lipinski definition) is 5. The van der Waals surface area contributed by atoms with E-state index in [1.54, 1.807) is 6.92 Å². The number of nitrogens with zero attached hydrogens (tertiary/aromatic N) is 2. The van der Waals surface area contributed by atoms with Crippen molar-refractivity contribution < 1.29 is 17.9 Å². The van der Waals surface area contributed by atoms with E-state index in [2.05, 4.69) is 9.84 Å². The SMILES string of the molecule is CCOC(=O)NNS(=O)(=O)c1c(C)nn(C)c1Cl. The molecule has 0 aliphatic heterocycles. The van der Waals surface area contributed by atoms with Crippen LogP contribution in [0.5, 0.6) is 0 Å². The third-order valence-corrected chi connectivity index (χ3v) is 3.87. The van der Waals surface area contributed by atoms with Crippen LogP contribution in [0.3, 0.4) is 0 Å². The lowest BCUT2D eigenvalue weighted by atomic mass is 10.5. The molecule has 1 rings (SSSR count). The van der Waals surface area contributed by atoms with E-state index >= 15 is 0 Å². The minimum Gasteiger partial charge on any atom is -0.449 e. The fourth-order valence-corrected chi connectivity index (χ4v) is 2.83. The van der Waals surface area contributed by atoms with Gasteiger partial charge in [0.2, 0.25) is 0 Å². The fourth-order valence-electron chi connectivity index (χ4n) is 1.24. The van der Waals surface area contributed by atoms with Gasteiger partial charge in [-0.3, -0.25) is 4.68 Å². The summed E-state index contributed by atoms with van der Waals surface area (Å²) in [5.41, 5.74) is 2.11. The van der Waals surface area contributed by atoms with Crippen molar-refractivity contribution in [2.24, 2.45) is 7.05 Å². The van der Waals surface area contributed by atoms with Crippen molar-refractivity contribution in [2.75, 3.05) is 6.61 Å². The molecule has 0 aliphatic carbocycles. The van der Waals surface area contributed by atoms with Gasteiger partial charge in [0.1, 0.15) is 10.0 Å². The first-order valence-corrected chi connectivity index (χ1v) is 6.79. The van der Waals surface area contributed by atoms with Crippen LogP contribution < -0.4 is 10.3 Å². The van der Waals surface area contributed by atoms with E-state index in [9.17, 15) is 13.2 Å². The van der Waals surface area contributed by atoms with Crippen molar-refractivity contribution >= 4 is 27.7 Å². The average molecular weight is 297 g/mol. The highest BCUT2D eigenvalue weighted by Gasteiger charge is 2.25. The molecule has 2 N–H and O–H groups in total. The van der Waals surface area contributed by atoms with Crippen molar-refractivity contribution in [3.05, 3.63) is 10.8 Å². The van der Waals surface area contributed by atoms with Crippen LogP contribution in [0.15, 0.2) is 4.90 Å². The number of aromatic nitrogens is 2. The second kappa shape index (κ2) is 5.55. The lowest BCUT2D eigenvalue weighted by molar-refractivity contribution is 0.150. The number of halogens is 1. The van der Waals surface area contributed by atoms with Crippen LogP contribution >= 0.6 is 11.6 Å². The molecule has 0 aliphatic rings. The Morgan fingerprint density at radius 3 is 2.61 bits per heavy atom. The maximum absolute atomic E-state index is 11.9. The third-order valence-electron chi connectivity index (χ3n) is 1.93. The number of aryl methyl sites for hydroxylation is 2. The topological polar surface area (TPSA) is 102 Å². The molecule has 0 saturated carbocycles. The predicted octanol–water partition coefficient (Wildman–Crippen LogP) is 0.321. The molecule has 0 fully saturated rings. The van der Waals surface area contributed by atoms with Crippen molar-refractivity contribution in [1.82, 2.24) is 20.0 Å². The van der Waals surface area contributed by atoms with Crippen LogP contribution in [-0.2, 0) is 21.8 Å². The van der Waals surface area contributed by atoms with E-state index in [1.807, 2.05) is 10.3 Å². The van der Waals surface area contributed by atoms with Gasteiger partial charge in [-0.2, -0.15) is 5.10 Å². The highest BCUT2D eigenvalue weighted by atomic mass is 35.5. The normalized spacial score (nSPS) is 11.3. The Kier molecular flexibility index (Phi) is 4.54. The van der Waals surface area contributed by atoms with Gasteiger partial charge in [0, 0.05) is 7.05 Å². The summed E-state index contributed by atoms with van der Waals surface area (Å²) < 4.78 is 29.5. The molecule has 0 spiro atoms. The number of hydrogen-bond donors (Lipinski definition) is 2. The second-order valence-electron chi connectivity index (χ2n) is 3.28. The monoisotopic (exact) mass is 296 g/mol. The van der Waals surface area contributed by atoms with Crippen LogP contribution in [0.25, 0.3) is 0 Å². The summed E-state index contributed by atoms with van der Waals surface area (Å²) in [6, 6.07) is 0. The molecule has 0 radical (unpaired) electrons. The molecule has 1 amide bonds. The summed E-state index contributed by atoms with van der Waals surface area (Å²) in [4.78, 5) is 12.7. The van der Waals surface area contributed by atoms with Crippen molar-refractivity contribution in [3.63, 3.8) is 0 Å². The lowest BCUT2D eigenvalue weighted by Gasteiger charge is -2.07. The molecule has 10 heteroatoms. The van der Waals surface area contributed by atoms with Crippen LogP contribution in [-0.4, -0.2) is 30.9 Å². The zero-order valence-electron chi connectivity index (χ0n) is 10.0. The van der Waals surface area contributed by atoms with E-state index in [0.29, 0.717) is 0 Å². The van der Waals surface area contributed by atoms with E-state index in [1.165, 1.54) is 18.7 Å². The molecule has 0 aromatic carbocycles. The molecule has 1 aromatic rings. The van der Waals surface area contributed by atoms with Gasteiger partial charge in [0.15, 0.2) is 0 Å². The predicted molar refractivity (Wildman–Crippen MR) is 63.4 cm³/mol. The number of sulfonamides is 1. The highest BCUT2D eigenvalue weighted by molar-refractivity contribution is 7.89. The van der Waals surface area contributed by atoms with Crippen LogP contribution in [0.4, 0.5) is 4.79 Å². The van der Waals surface area contributed by atoms with Gasteiger partial charge in [-0.05, 0) is 13.8 Å². The molecule has 0 atom stereocenters. The Bertz CT molecular complexity index is 554. The van der Waals surface area contributed by atoms with Gasteiger partial charge in [0.25, 0.3) is 10.0 Å². The number of amides is 1. The van der Waals surface area contributed by atoms with Gasteiger partial charge >= 0.3 is 6.09 Å². The van der Waals surface area contributed by atoms with Crippen LogP contribution in [0, 0.1) is 6.92 Å². The van der Waals surface area contributed by atoms with E-state index < -0.39 is 16.1 Å². The van der Waals surface area contributed by atoms with Gasteiger partial charge in [-0.1, -0.05) is 11.6 Å². The minimum atomic E-state index is -3.99. The van der Waals surface area contributed by atoms with Gasteiger partial charge in [-0.25, -0.2) is 18.6 Å². The maximum Gasteiger partial charge on any atom is 0.422 e. The van der Waals surface area contributed by atoms with Crippen molar-refractivity contribution in [2.45, 2.75) is 18.7 Å². The second-order valence-corrected chi connectivity index (χ2v) is 5.26. The third kappa shape index (κ3) is 3.12. The largest absolute Gasteiger partial charge is 0.449 e. The summed E-state index contributed by atoms with van der Waals surface area (Å²) in [5, 5.41) is 3.81. The number of rotatable bonds is 4. The van der Waals surface area contributed by atoms with Crippen LogP contribution in [0.1, 0.15) is 12.6 Å². The molecular weight excluding hydrogens is 284 g/mol. The number of nitrogens with one attached hydrogen (secondary N) is 2. The van der Waals surface area contributed by atoms with Gasteiger partial charge < -0.3 is 4.74 Å². The Labute approximate surface area is 109 Å². The fraction of sp³-hybridized carbons (Fsp3) is 0.500. The zero-order chi connectivity index (χ0) is 13.9. The summed E-state index contributed by atoms with van der Waals surface area (Å²) in [5.74, 6) is 0.